The molecule has 1 aliphatic heterocycles. The summed E-state index contributed by atoms with van der Waals surface area (Å²) in [6, 6.07) is 2.97. The van der Waals surface area contributed by atoms with E-state index in [1.807, 2.05) is 0 Å². The predicted octanol–water partition coefficient (Wildman–Crippen LogP) is 3.73. The van der Waals surface area contributed by atoms with Crippen LogP contribution in [0.25, 0.3) is 0 Å². The Labute approximate surface area is 109 Å². The lowest BCUT2D eigenvalue weighted by Crippen LogP contribution is -2.27. The molecule has 0 spiro atoms. The van der Waals surface area contributed by atoms with Crippen molar-refractivity contribution in [3.05, 3.63) is 35.1 Å². The Bertz CT molecular complexity index is 400. The fourth-order valence-electron chi connectivity index (χ4n) is 2.26. The average Bonchev–Trinajstić information content (AvgIpc) is 2.29. The van der Waals surface area contributed by atoms with E-state index in [0.717, 1.165) is 6.07 Å². The highest BCUT2D eigenvalue weighted by Gasteiger charge is 2.35. The molecule has 102 valence electrons. The van der Waals surface area contributed by atoms with Crippen LogP contribution in [0.4, 0.5) is 17.6 Å². The summed E-state index contributed by atoms with van der Waals surface area (Å²) in [5.74, 6) is -0.969. The minimum Gasteiger partial charge on any atom is -0.317 e. The number of rotatable bonds is 1. The maximum atomic E-state index is 12.9. The second-order valence-corrected chi connectivity index (χ2v) is 4.25. The van der Waals surface area contributed by atoms with Gasteiger partial charge in [0.2, 0.25) is 0 Å². The molecule has 1 N–H and O–H groups in total. The fraction of sp³-hybridized carbons (Fsp3) is 0.500. The minimum absolute atomic E-state index is 0. The first-order chi connectivity index (χ1) is 7.98. The van der Waals surface area contributed by atoms with Crippen LogP contribution in [0.3, 0.4) is 0 Å². The van der Waals surface area contributed by atoms with Crippen LogP contribution in [0.1, 0.15) is 29.9 Å². The van der Waals surface area contributed by atoms with Gasteiger partial charge in [0.1, 0.15) is 5.82 Å². The lowest BCUT2D eigenvalue weighted by atomic mass is 9.87. The van der Waals surface area contributed by atoms with E-state index >= 15 is 0 Å². The molecule has 2 rings (SSSR count). The molecule has 1 saturated heterocycles. The van der Waals surface area contributed by atoms with Gasteiger partial charge >= 0.3 is 6.18 Å². The van der Waals surface area contributed by atoms with Crippen LogP contribution in [0.2, 0.25) is 0 Å². The maximum absolute atomic E-state index is 12.9. The Morgan fingerprint density at radius 2 is 1.72 bits per heavy atom. The molecule has 6 heteroatoms. The van der Waals surface area contributed by atoms with Crippen molar-refractivity contribution in [1.29, 1.82) is 0 Å². The van der Waals surface area contributed by atoms with Gasteiger partial charge in [-0.25, -0.2) is 4.39 Å². The molecule has 1 aromatic rings. The summed E-state index contributed by atoms with van der Waals surface area (Å²) in [4.78, 5) is 0. The first kappa shape index (κ1) is 15.2. The summed E-state index contributed by atoms with van der Waals surface area (Å²) < 4.78 is 51.3. The second-order valence-electron chi connectivity index (χ2n) is 4.25. The number of benzene rings is 1. The van der Waals surface area contributed by atoms with E-state index in [1.165, 1.54) is 6.07 Å². The van der Waals surface area contributed by atoms with Crippen molar-refractivity contribution in [2.45, 2.75) is 24.9 Å². The Morgan fingerprint density at radius 1 is 1.11 bits per heavy atom. The Morgan fingerprint density at radius 3 is 2.28 bits per heavy atom. The van der Waals surface area contributed by atoms with Crippen LogP contribution < -0.4 is 5.32 Å². The van der Waals surface area contributed by atoms with E-state index in [-0.39, 0.29) is 23.9 Å². The highest BCUT2D eigenvalue weighted by atomic mass is 35.5. The van der Waals surface area contributed by atoms with Gasteiger partial charge in [-0.3, -0.25) is 0 Å². The largest absolute Gasteiger partial charge is 0.416 e. The summed E-state index contributed by atoms with van der Waals surface area (Å²) in [5, 5.41) is 3.10. The summed E-state index contributed by atoms with van der Waals surface area (Å²) in [6.45, 7) is 1.42. The van der Waals surface area contributed by atoms with E-state index in [1.54, 1.807) is 0 Å². The van der Waals surface area contributed by atoms with Gasteiger partial charge in [0.05, 0.1) is 5.56 Å². The zero-order chi connectivity index (χ0) is 12.5. The molecule has 0 amide bonds. The van der Waals surface area contributed by atoms with Crippen LogP contribution in [0, 0.1) is 5.82 Å². The Balaban J connectivity index is 0.00000162. The summed E-state index contributed by atoms with van der Waals surface area (Å²) in [7, 11) is 0. The molecule has 0 unspecified atom stereocenters. The van der Waals surface area contributed by atoms with E-state index < -0.39 is 17.6 Å². The Hall–Kier alpha value is -0.810. The lowest BCUT2D eigenvalue weighted by molar-refractivity contribution is -0.138. The van der Waals surface area contributed by atoms with Gasteiger partial charge in [0.25, 0.3) is 0 Å². The standard InChI is InChI=1S/C12H13F4N.ClH/c13-9-1-2-10(8-3-5-17-6-4-8)11(7-9)12(14,15)16;/h1-2,7-8,17H,3-6H2;1H. The molecular formula is C12H14ClF4N. The van der Waals surface area contributed by atoms with Crippen LogP contribution in [0.5, 0.6) is 0 Å². The molecule has 0 saturated carbocycles. The number of halogens is 5. The van der Waals surface area contributed by atoms with Gasteiger partial charge in [-0.2, -0.15) is 13.2 Å². The molecule has 1 fully saturated rings. The van der Waals surface area contributed by atoms with Gasteiger partial charge in [-0.1, -0.05) is 6.07 Å². The maximum Gasteiger partial charge on any atom is 0.416 e. The highest BCUT2D eigenvalue weighted by Crippen LogP contribution is 2.38. The van der Waals surface area contributed by atoms with Crippen LogP contribution in [-0.4, -0.2) is 13.1 Å². The molecule has 0 aromatic heterocycles. The van der Waals surface area contributed by atoms with Crippen molar-refractivity contribution >= 4 is 12.4 Å². The third kappa shape index (κ3) is 3.36. The molecule has 0 radical (unpaired) electrons. The molecule has 0 atom stereocenters. The first-order valence-electron chi connectivity index (χ1n) is 5.56. The number of hydrogen-bond donors (Lipinski definition) is 1. The summed E-state index contributed by atoms with van der Waals surface area (Å²) >= 11 is 0. The van der Waals surface area contributed by atoms with Gasteiger partial charge < -0.3 is 5.32 Å². The monoisotopic (exact) mass is 283 g/mol. The average molecular weight is 284 g/mol. The first-order valence-corrected chi connectivity index (χ1v) is 5.56. The zero-order valence-electron chi connectivity index (χ0n) is 9.56. The SMILES string of the molecule is Cl.Fc1ccc(C2CCNCC2)c(C(F)(F)F)c1. The Kier molecular flexibility index (Phi) is 4.99. The van der Waals surface area contributed by atoms with Crippen molar-refractivity contribution in [1.82, 2.24) is 5.32 Å². The lowest BCUT2D eigenvalue weighted by Gasteiger charge is -2.25. The third-order valence-corrected chi connectivity index (χ3v) is 3.10. The van der Waals surface area contributed by atoms with Crippen molar-refractivity contribution in [2.75, 3.05) is 13.1 Å². The topological polar surface area (TPSA) is 12.0 Å². The van der Waals surface area contributed by atoms with Crippen LogP contribution >= 0.6 is 12.4 Å². The van der Waals surface area contributed by atoms with Crippen molar-refractivity contribution in [3.8, 4) is 0 Å². The van der Waals surface area contributed by atoms with E-state index in [9.17, 15) is 17.6 Å². The van der Waals surface area contributed by atoms with Gasteiger partial charge in [-0.15, -0.1) is 12.4 Å². The molecule has 0 bridgehead atoms. The predicted molar refractivity (Wildman–Crippen MR) is 63.5 cm³/mol. The van der Waals surface area contributed by atoms with Gasteiger partial charge in [-0.05, 0) is 49.5 Å². The van der Waals surface area contributed by atoms with E-state index in [2.05, 4.69) is 5.32 Å². The quantitative estimate of drug-likeness (QED) is 0.774. The van der Waals surface area contributed by atoms with Crippen molar-refractivity contribution in [3.63, 3.8) is 0 Å². The number of nitrogens with one attached hydrogen (secondary N) is 1. The van der Waals surface area contributed by atoms with Gasteiger partial charge in [0.15, 0.2) is 0 Å². The van der Waals surface area contributed by atoms with Crippen molar-refractivity contribution < 1.29 is 17.6 Å². The number of piperidine rings is 1. The minimum atomic E-state index is -4.48. The number of alkyl halides is 3. The zero-order valence-corrected chi connectivity index (χ0v) is 10.4. The molecule has 1 nitrogen and oxygen atoms in total. The highest BCUT2D eigenvalue weighted by molar-refractivity contribution is 5.85. The molecule has 18 heavy (non-hydrogen) atoms. The molecule has 0 aliphatic carbocycles. The van der Waals surface area contributed by atoms with E-state index in [4.69, 9.17) is 0 Å². The van der Waals surface area contributed by atoms with Crippen LogP contribution in [-0.2, 0) is 6.18 Å². The smallest absolute Gasteiger partial charge is 0.317 e. The molecular weight excluding hydrogens is 270 g/mol. The fourth-order valence-corrected chi connectivity index (χ4v) is 2.26. The molecule has 1 aliphatic rings. The summed E-state index contributed by atoms with van der Waals surface area (Å²) in [6.07, 6.45) is -3.16. The van der Waals surface area contributed by atoms with Crippen molar-refractivity contribution in [2.24, 2.45) is 0 Å². The van der Waals surface area contributed by atoms with E-state index in [0.29, 0.717) is 32.0 Å². The second kappa shape index (κ2) is 5.89. The normalized spacial score (nSPS) is 17.3. The van der Waals surface area contributed by atoms with Gasteiger partial charge in [0, 0.05) is 0 Å². The molecule has 1 heterocycles. The number of hydrogen-bond acceptors (Lipinski definition) is 1. The third-order valence-electron chi connectivity index (χ3n) is 3.10. The van der Waals surface area contributed by atoms with Crippen LogP contribution in [0.15, 0.2) is 18.2 Å². The summed E-state index contributed by atoms with van der Waals surface area (Å²) in [5.41, 5.74) is -0.607. The molecule has 1 aromatic carbocycles.